The highest BCUT2D eigenvalue weighted by atomic mass is 35.5. The molecule has 0 aliphatic heterocycles. The minimum Gasteiger partial charge on any atom is -0.392 e. The number of aryl methyl sites for hydroxylation is 1. The Kier molecular flexibility index (Phi) is 4.12. The molecule has 2 N–H and O–H groups in total. The van der Waals surface area contributed by atoms with Crippen LogP contribution < -0.4 is 5.32 Å². The lowest BCUT2D eigenvalue weighted by atomic mass is 10.1. The number of nitrogens with one attached hydrogen (secondary N) is 1. The first-order valence-electron chi connectivity index (χ1n) is 4.73. The van der Waals surface area contributed by atoms with Crippen molar-refractivity contribution in [3.05, 3.63) is 34.3 Å². The molecule has 0 radical (unpaired) electrons. The van der Waals surface area contributed by atoms with Gasteiger partial charge >= 0.3 is 0 Å². The second-order valence-electron chi connectivity index (χ2n) is 3.50. The van der Waals surface area contributed by atoms with Gasteiger partial charge in [-0.1, -0.05) is 23.7 Å². The van der Waals surface area contributed by atoms with Crippen LogP contribution in [-0.2, 0) is 0 Å². The van der Waals surface area contributed by atoms with E-state index in [4.69, 9.17) is 16.7 Å². The first-order chi connectivity index (χ1) is 7.02. The van der Waals surface area contributed by atoms with Crippen molar-refractivity contribution in [1.82, 2.24) is 5.32 Å². The van der Waals surface area contributed by atoms with Crippen LogP contribution in [0.1, 0.15) is 22.8 Å². The van der Waals surface area contributed by atoms with E-state index in [0.29, 0.717) is 10.6 Å². The number of aliphatic hydroxyl groups excluding tert-OH is 1. The van der Waals surface area contributed by atoms with Gasteiger partial charge in [0.25, 0.3) is 5.91 Å². The minimum atomic E-state index is -0.558. The zero-order valence-corrected chi connectivity index (χ0v) is 9.51. The van der Waals surface area contributed by atoms with Gasteiger partial charge in [-0.3, -0.25) is 4.79 Å². The summed E-state index contributed by atoms with van der Waals surface area (Å²) in [6.07, 6.45) is -0.558. The lowest BCUT2D eigenvalue weighted by molar-refractivity contribution is 0.0924. The molecule has 1 atom stereocenters. The quantitative estimate of drug-likeness (QED) is 0.827. The Morgan fingerprint density at radius 3 is 2.87 bits per heavy atom. The lowest BCUT2D eigenvalue weighted by Crippen LogP contribution is -2.30. The maximum Gasteiger partial charge on any atom is 0.252 e. The molecule has 0 spiro atoms. The monoisotopic (exact) mass is 227 g/mol. The van der Waals surface area contributed by atoms with Gasteiger partial charge in [0.1, 0.15) is 0 Å². The summed E-state index contributed by atoms with van der Waals surface area (Å²) in [5.74, 6) is -0.260. The molecule has 4 heteroatoms. The highest BCUT2D eigenvalue weighted by Gasteiger charge is 2.11. The van der Waals surface area contributed by atoms with Gasteiger partial charge in [0.2, 0.25) is 0 Å². The Labute approximate surface area is 94.1 Å². The molecule has 0 aliphatic rings. The largest absolute Gasteiger partial charge is 0.392 e. The molecule has 15 heavy (non-hydrogen) atoms. The van der Waals surface area contributed by atoms with Gasteiger partial charge in [0.15, 0.2) is 0 Å². The van der Waals surface area contributed by atoms with Crippen molar-refractivity contribution in [2.24, 2.45) is 0 Å². The van der Waals surface area contributed by atoms with Crippen molar-refractivity contribution < 1.29 is 9.90 Å². The number of aliphatic hydroxyl groups is 1. The SMILES string of the molecule is Cc1cccc(C(=O)NC[C@H](C)O)c1Cl. The second kappa shape index (κ2) is 5.14. The van der Waals surface area contributed by atoms with E-state index >= 15 is 0 Å². The molecule has 0 fully saturated rings. The number of rotatable bonds is 3. The summed E-state index contributed by atoms with van der Waals surface area (Å²) in [6.45, 7) is 3.68. The van der Waals surface area contributed by atoms with Gasteiger partial charge in [-0.05, 0) is 25.5 Å². The van der Waals surface area contributed by atoms with Crippen molar-refractivity contribution in [2.75, 3.05) is 6.54 Å². The normalized spacial score (nSPS) is 12.3. The maximum absolute atomic E-state index is 11.6. The number of carbonyl (C=O) groups is 1. The molecular weight excluding hydrogens is 214 g/mol. The van der Waals surface area contributed by atoms with E-state index in [1.54, 1.807) is 19.1 Å². The van der Waals surface area contributed by atoms with Crippen molar-refractivity contribution in [3.8, 4) is 0 Å². The topological polar surface area (TPSA) is 49.3 Å². The molecule has 0 unspecified atom stereocenters. The average molecular weight is 228 g/mol. The fraction of sp³-hybridized carbons (Fsp3) is 0.364. The molecule has 0 heterocycles. The summed E-state index contributed by atoms with van der Waals surface area (Å²) in [5.41, 5.74) is 1.30. The number of carbonyl (C=O) groups excluding carboxylic acids is 1. The number of hydrogen-bond acceptors (Lipinski definition) is 2. The first-order valence-corrected chi connectivity index (χ1v) is 5.11. The lowest BCUT2D eigenvalue weighted by Gasteiger charge is -2.09. The Morgan fingerprint density at radius 2 is 2.27 bits per heavy atom. The van der Waals surface area contributed by atoms with Gasteiger partial charge < -0.3 is 10.4 Å². The molecule has 1 aromatic carbocycles. The third kappa shape index (κ3) is 3.22. The van der Waals surface area contributed by atoms with Crippen LogP contribution in [0.3, 0.4) is 0 Å². The Hall–Kier alpha value is -1.06. The van der Waals surface area contributed by atoms with Crippen molar-refractivity contribution in [2.45, 2.75) is 20.0 Å². The van der Waals surface area contributed by atoms with E-state index in [1.165, 1.54) is 0 Å². The molecule has 0 aromatic heterocycles. The second-order valence-corrected chi connectivity index (χ2v) is 3.87. The number of benzene rings is 1. The van der Waals surface area contributed by atoms with Crippen LogP contribution in [-0.4, -0.2) is 23.7 Å². The van der Waals surface area contributed by atoms with Crippen LogP contribution in [0.4, 0.5) is 0 Å². The molecular formula is C11H14ClNO2. The Morgan fingerprint density at radius 1 is 1.60 bits per heavy atom. The third-order valence-electron chi connectivity index (χ3n) is 1.99. The summed E-state index contributed by atoms with van der Waals surface area (Å²) in [6, 6.07) is 5.28. The average Bonchev–Trinajstić information content (AvgIpc) is 2.18. The Bertz CT molecular complexity index is 364. The number of amides is 1. The standard InChI is InChI=1S/C11H14ClNO2/c1-7-4-3-5-9(10(7)12)11(15)13-6-8(2)14/h3-5,8,14H,6H2,1-2H3,(H,13,15)/t8-/m0/s1. The van der Waals surface area contributed by atoms with Crippen molar-refractivity contribution in [3.63, 3.8) is 0 Å². The summed E-state index contributed by atoms with van der Waals surface area (Å²) in [7, 11) is 0. The van der Waals surface area contributed by atoms with Crippen molar-refractivity contribution >= 4 is 17.5 Å². The summed E-state index contributed by atoms with van der Waals surface area (Å²) in [5, 5.41) is 12.1. The molecule has 0 saturated carbocycles. The summed E-state index contributed by atoms with van der Waals surface area (Å²) >= 11 is 5.98. The van der Waals surface area contributed by atoms with Crippen LogP contribution in [0.2, 0.25) is 5.02 Å². The van der Waals surface area contributed by atoms with E-state index < -0.39 is 6.10 Å². The molecule has 1 aromatic rings. The minimum absolute atomic E-state index is 0.225. The summed E-state index contributed by atoms with van der Waals surface area (Å²) in [4.78, 5) is 11.6. The van der Waals surface area contributed by atoms with Crippen LogP contribution >= 0.6 is 11.6 Å². The Balaban J connectivity index is 2.78. The summed E-state index contributed by atoms with van der Waals surface area (Å²) < 4.78 is 0. The molecule has 0 bridgehead atoms. The fourth-order valence-corrected chi connectivity index (χ4v) is 1.37. The molecule has 1 amide bonds. The fourth-order valence-electron chi connectivity index (χ4n) is 1.16. The van der Waals surface area contributed by atoms with E-state index in [0.717, 1.165) is 5.56 Å². The first kappa shape index (κ1) is 12.0. The van der Waals surface area contributed by atoms with Gasteiger partial charge in [0.05, 0.1) is 16.7 Å². The number of halogens is 1. The van der Waals surface area contributed by atoms with E-state index in [9.17, 15) is 4.79 Å². The molecule has 1 rings (SSSR count). The van der Waals surface area contributed by atoms with Crippen molar-refractivity contribution in [1.29, 1.82) is 0 Å². The van der Waals surface area contributed by atoms with Crippen LogP contribution in [0.15, 0.2) is 18.2 Å². The van der Waals surface area contributed by atoms with Gasteiger partial charge in [-0.15, -0.1) is 0 Å². The zero-order valence-electron chi connectivity index (χ0n) is 8.75. The molecule has 3 nitrogen and oxygen atoms in total. The van der Waals surface area contributed by atoms with E-state index in [-0.39, 0.29) is 12.5 Å². The maximum atomic E-state index is 11.6. The molecule has 82 valence electrons. The van der Waals surface area contributed by atoms with Gasteiger partial charge in [-0.2, -0.15) is 0 Å². The van der Waals surface area contributed by atoms with Gasteiger partial charge in [-0.25, -0.2) is 0 Å². The molecule has 0 aliphatic carbocycles. The zero-order chi connectivity index (χ0) is 11.4. The van der Waals surface area contributed by atoms with E-state index in [1.807, 2.05) is 13.0 Å². The smallest absolute Gasteiger partial charge is 0.252 e. The van der Waals surface area contributed by atoms with Crippen LogP contribution in [0.25, 0.3) is 0 Å². The van der Waals surface area contributed by atoms with Crippen LogP contribution in [0, 0.1) is 6.92 Å². The number of hydrogen-bond donors (Lipinski definition) is 2. The predicted molar refractivity (Wildman–Crippen MR) is 60.2 cm³/mol. The third-order valence-corrected chi connectivity index (χ3v) is 2.50. The van der Waals surface area contributed by atoms with E-state index in [2.05, 4.69) is 5.32 Å². The highest BCUT2D eigenvalue weighted by molar-refractivity contribution is 6.34. The molecule has 0 saturated heterocycles. The van der Waals surface area contributed by atoms with Crippen LogP contribution in [0.5, 0.6) is 0 Å². The predicted octanol–water partition coefficient (Wildman–Crippen LogP) is 1.76. The van der Waals surface area contributed by atoms with Gasteiger partial charge in [0, 0.05) is 6.54 Å². The highest BCUT2D eigenvalue weighted by Crippen LogP contribution is 2.19.